The van der Waals surface area contributed by atoms with Gasteiger partial charge in [-0.1, -0.05) is 6.07 Å². The maximum atomic E-state index is 4.34. The van der Waals surface area contributed by atoms with Crippen LogP contribution in [0.1, 0.15) is 18.5 Å². The zero-order valence-electron chi connectivity index (χ0n) is 10.0. The summed E-state index contributed by atoms with van der Waals surface area (Å²) in [6.45, 7) is 3.45. The molecule has 0 aliphatic carbocycles. The molecule has 1 aliphatic heterocycles. The summed E-state index contributed by atoms with van der Waals surface area (Å²) in [5, 5.41) is 3.53. The van der Waals surface area contributed by atoms with Crippen molar-refractivity contribution in [2.45, 2.75) is 25.3 Å². The second-order valence-corrected chi connectivity index (χ2v) is 4.63. The zero-order chi connectivity index (χ0) is 11.2. The highest BCUT2D eigenvalue weighted by molar-refractivity contribution is 5.03. The predicted octanol–water partition coefficient (Wildman–Crippen LogP) is 1.31. The Balaban J connectivity index is 1.69. The highest BCUT2D eigenvalue weighted by Crippen LogP contribution is 2.06. The fraction of sp³-hybridized carbons (Fsp3) is 0.615. The summed E-state index contributed by atoms with van der Waals surface area (Å²) >= 11 is 0. The van der Waals surface area contributed by atoms with Crippen LogP contribution >= 0.6 is 0 Å². The normalized spacial score (nSPS) is 20.5. The van der Waals surface area contributed by atoms with Crippen molar-refractivity contribution in [1.29, 1.82) is 0 Å². The van der Waals surface area contributed by atoms with Crippen LogP contribution in [0.15, 0.2) is 24.4 Å². The van der Waals surface area contributed by atoms with Gasteiger partial charge in [-0.05, 0) is 38.6 Å². The molecule has 0 aromatic carbocycles. The van der Waals surface area contributed by atoms with Gasteiger partial charge in [0.2, 0.25) is 0 Å². The van der Waals surface area contributed by atoms with E-state index in [1.165, 1.54) is 25.1 Å². The van der Waals surface area contributed by atoms with Crippen molar-refractivity contribution in [3.63, 3.8) is 0 Å². The van der Waals surface area contributed by atoms with Crippen LogP contribution in [0, 0.1) is 0 Å². The molecule has 2 heterocycles. The van der Waals surface area contributed by atoms with Crippen molar-refractivity contribution >= 4 is 0 Å². The van der Waals surface area contributed by atoms with Crippen LogP contribution in [-0.4, -0.2) is 42.6 Å². The Labute approximate surface area is 97.9 Å². The molecule has 0 spiro atoms. The zero-order valence-corrected chi connectivity index (χ0v) is 10.0. The number of hydrogen-bond acceptors (Lipinski definition) is 3. The van der Waals surface area contributed by atoms with E-state index in [4.69, 9.17) is 0 Å². The Morgan fingerprint density at radius 1 is 1.50 bits per heavy atom. The maximum absolute atomic E-state index is 4.34. The van der Waals surface area contributed by atoms with Crippen LogP contribution < -0.4 is 5.32 Å². The standard InChI is InChI=1S/C13H21N3/c1-16(11-13-6-4-9-15-13)10-7-12-5-2-3-8-14-12/h2-3,5,8,13,15H,4,6-7,9-11H2,1H3/t13-/m1/s1. The maximum Gasteiger partial charge on any atom is 0.0416 e. The molecule has 1 aromatic heterocycles. The van der Waals surface area contributed by atoms with E-state index in [1.54, 1.807) is 0 Å². The molecular formula is C13H21N3. The topological polar surface area (TPSA) is 28.2 Å². The van der Waals surface area contributed by atoms with Gasteiger partial charge in [0.1, 0.15) is 0 Å². The second-order valence-electron chi connectivity index (χ2n) is 4.63. The quantitative estimate of drug-likeness (QED) is 0.809. The Hall–Kier alpha value is -0.930. The van der Waals surface area contributed by atoms with Gasteiger partial charge in [0.05, 0.1) is 0 Å². The molecule has 1 atom stereocenters. The van der Waals surface area contributed by atoms with E-state index in [1.807, 2.05) is 12.3 Å². The number of hydrogen-bond donors (Lipinski definition) is 1. The first-order valence-corrected chi connectivity index (χ1v) is 6.16. The molecule has 88 valence electrons. The van der Waals surface area contributed by atoms with E-state index in [0.29, 0.717) is 6.04 Å². The molecular weight excluding hydrogens is 198 g/mol. The molecule has 1 aromatic rings. The minimum atomic E-state index is 0.703. The van der Waals surface area contributed by atoms with Gasteiger partial charge < -0.3 is 10.2 Å². The number of likely N-dealkylation sites (N-methyl/N-ethyl adjacent to an activating group) is 1. The minimum absolute atomic E-state index is 0.703. The molecule has 1 fully saturated rings. The van der Waals surface area contributed by atoms with Crippen LogP contribution in [-0.2, 0) is 6.42 Å². The fourth-order valence-electron chi connectivity index (χ4n) is 2.23. The van der Waals surface area contributed by atoms with Crippen LogP contribution in [0.2, 0.25) is 0 Å². The molecule has 1 N–H and O–H groups in total. The number of aromatic nitrogens is 1. The summed E-state index contributed by atoms with van der Waals surface area (Å²) < 4.78 is 0. The second kappa shape index (κ2) is 5.97. The summed E-state index contributed by atoms with van der Waals surface area (Å²) in [5.74, 6) is 0. The molecule has 16 heavy (non-hydrogen) atoms. The van der Waals surface area contributed by atoms with E-state index < -0.39 is 0 Å². The molecule has 0 radical (unpaired) electrons. The van der Waals surface area contributed by atoms with Crippen LogP contribution in [0.4, 0.5) is 0 Å². The lowest BCUT2D eigenvalue weighted by atomic mass is 10.2. The van der Waals surface area contributed by atoms with E-state index in [2.05, 4.69) is 34.4 Å². The SMILES string of the molecule is CN(CCc1ccccn1)C[C@H]1CCCN1. The molecule has 0 amide bonds. The third kappa shape index (κ3) is 3.58. The van der Waals surface area contributed by atoms with Gasteiger partial charge in [0.15, 0.2) is 0 Å². The van der Waals surface area contributed by atoms with Crippen molar-refractivity contribution in [2.24, 2.45) is 0 Å². The molecule has 3 heteroatoms. The number of nitrogens with one attached hydrogen (secondary N) is 1. The van der Waals surface area contributed by atoms with Crippen LogP contribution in [0.25, 0.3) is 0 Å². The summed E-state index contributed by atoms with van der Waals surface area (Å²) in [6.07, 6.45) is 5.57. The molecule has 0 unspecified atom stereocenters. The van der Waals surface area contributed by atoms with Gasteiger partial charge in [0.25, 0.3) is 0 Å². The fourth-order valence-corrected chi connectivity index (χ4v) is 2.23. The summed E-state index contributed by atoms with van der Waals surface area (Å²) in [6, 6.07) is 6.83. The van der Waals surface area contributed by atoms with Crippen LogP contribution in [0.3, 0.4) is 0 Å². The average Bonchev–Trinajstić information content (AvgIpc) is 2.81. The third-order valence-electron chi connectivity index (χ3n) is 3.17. The highest BCUT2D eigenvalue weighted by atomic mass is 15.1. The molecule has 0 saturated carbocycles. The summed E-state index contributed by atoms with van der Waals surface area (Å²) in [7, 11) is 2.20. The van der Waals surface area contributed by atoms with E-state index in [-0.39, 0.29) is 0 Å². The predicted molar refractivity (Wildman–Crippen MR) is 66.5 cm³/mol. The lowest BCUT2D eigenvalue weighted by molar-refractivity contribution is 0.303. The third-order valence-corrected chi connectivity index (χ3v) is 3.17. The molecule has 3 nitrogen and oxygen atoms in total. The van der Waals surface area contributed by atoms with E-state index >= 15 is 0 Å². The van der Waals surface area contributed by atoms with Gasteiger partial charge in [-0.3, -0.25) is 4.98 Å². The van der Waals surface area contributed by atoms with Gasteiger partial charge in [-0.25, -0.2) is 0 Å². The van der Waals surface area contributed by atoms with Gasteiger partial charge in [0, 0.05) is 37.4 Å². The molecule has 0 bridgehead atoms. The van der Waals surface area contributed by atoms with Gasteiger partial charge >= 0.3 is 0 Å². The Morgan fingerprint density at radius 2 is 2.44 bits per heavy atom. The lowest BCUT2D eigenvalue weighted by Gasteiger charge is -2.20. The summed E-state index contributed by atoms with van der Waals surface area (Å²) in [4.78, 5) is 6.74. The number of nitrogens with zero attached hydrogens (tertiary/aromatic N) is 2. The molecule has 1 saturated heterocycles. The largest absolute Gasteiger partial charge is 0.313 e. The Bertz CT molecular complexity index is 293. The van der Waals surface area contributed by atoms with Crippen molar-refractivity contribution < 1.29 is 0 Å². The van der Waals surface area contributed by atoms with Crippen molar-refractivity contribution in [3.8, 4) is 0 Å². The van der Waals surface area contributed by atoms with Crippen molar-refractivity contribution in [1.82, 2.24) is 15.2 Å². The number of rotatable bonds is 5. The average molecular weight is 219 g/mol. The highest BCUT2D eigenvalue weighted by Gasteiger charge is 2.15. The molecule has 1 aliphatic rings. The smallest absolute Gasteiger partial charge is 0.0416 e. The molecule has 2 rings (SSSR count). The van der Waals surface area contributed by atoms with E-state index in [9.17, 15) is 0 Å². The number of pyridine rings is 1. The first-order valence-electron chi connectivity index (χ1n) is 6.16. The van der Waals surface area contributed by atoms with E-state index in [0.717, 1.165) is 19.5 Å². The first kappa shape index (κ1) is 11.6. The summed E-state index contributed by atoms with van der Waals surface area (Å²) in [5.41, 5.74) is 1.19. The van der Waals surface area contributed by atoms with Gasteiger partial charge in [-0.15, -0.1) is 0 Å². The van der Waals surface area contributed by atoms with Gasteiger partial charge in [-0.2, -0.15) is 0 Å². The Kier molecular flexibility index (Phi) is 4.31. The van der Waals surface area contributed by atoms with Crippen molar-refractivity contribution in [2.75, 3.05) is 26.7 Å². The van der Waals surface area contributed by atoms with Crippen molar-refractivity contribution in [3.05, 3.63) is 30.1 Å². The Morgan fingerprint density at radius 3 is 3.12 bits per heavy atom. The monoisotopic (exact) mass is 219 g/mol. The first-order chi connectivity index (χ1) is 7.84. The minimum Gasteiger partial charge on any atom is -0.313 e. The lowest BCUT2D eigenvalue weighted by Crippen LogP contribution is -2.36. The van der Waals surface area contributed by atoms with Crippen LogP contribution in [0.5, 0.6) is 0 Å².